The lowest BCUT2D eigenvalue weighted by molar-refractivity contribution is -0.121. The second-order valence-electron chi connectivity index (χ2n) is 5.17. The van der Waals surface area contributed by atoms with Crippen LogP contribution in [0.3, 0.4) is 0 Å². The van der Waals surface area contributed by atoms with Crippen molar-refractivity contribution in [2.24, 2.45) is 5.92 Å². The van der Waals surface area contributed by atoms with E-state index >= 15 is 0 Å². The molecule has 1 aromatic heterocycles. The highest BCUT2D eigenvalue weighted by Crippen LogP contribution is 2.24. The van der Waals surface area contributed by atoms with E-state index in [1.165, 1.54) is 5.57 Å². The van der Waals surface area contributed by atoms with Gasteiger partial charge in [0.05, 0.1) is 6.26 Å². The van der Waals surface area contributed by atoms with Crippen molar-refractivity contribution in [2.75, 3.05) is 0 Å². The lowest BCUT2D eigenvalue weighted by atomic mass is 9.91. The number of Topliss-reactive ketones (excluding diaryl/α,β-unsaturated/α-hetero) is 1. The number of hydrogen-bond acceptors (Lipinski definition) is 2. The molecule has 1 aromatic rings. The SMILES string of the molecule is CC1=CCCC(C)C(=O)Cc2c(C)coc2C1. The first-order chi connectivity index (χ1) is 8.08. The van der Waals surface area contributed by atoms with Crippen LogP contribution in [0.4, 0.5) is 0 Å². The molecule has 2 rings (SSSR count). The normalized spacial score (nSPS) is 21.9. The van der Waals surface area contributed by atoms with Crippen LogP contribution >= 0.6 is 0 Å². The molecule has 0 saturated carbocycles. The molecule has 1 aliphatic rings. The van der Waals surface area contributed by atoms with Crippen LogP contribution in [-0.2, 0) is 17.6 Å². The topological polar surface area (TPSA) is 30.2 Å². The summed E-state index contributed by atoms with van der Waals surface area (Å²) in [6.07, 6.45) is 7.33. The highest BCUT2D eigenvalue weighted by molar-refractivity contribution is 5.83. The fourth-order valence-electron chi connectivity index (χ4n) is 2.32. The van der Waals surface area contributed by atoms with Gasteiger partial charge in [0.2, 0.25) is 0 Å². The molecule has 0 bridgehead atoms. The van der Waals surface area contributed by atoms with Gasteiger partial charge in [0.1, 0.15) is 11.5 Å². The molecule has 0 spiro atoms. The molecule has 0 aliphatic heterocycles. The van der Waals surface area contributed by atoms with E-state index in [1.807, 2.05) is 13.8 Å². The second kappa shape index (κ2) is 4.91. The zero-order valence-corrected chi connectivity index (χ0v) is 10.9. The van der Waals surface area contributed by atoms with Gasteiger partial charge in [0, 0.05) is 24.3 Å². The number of fused-ring (bicyclic) bond motifs is 1. The lowest BCUT2D eigenvalue weighted by Crippen LogP contribution is -2.15. The van der Waals surface area contributed by atoms with Gasteiger partial charge >= 0.3 is 0 Å². The summed E-state index contributed by atoms with van der Waals surface area (Å²) in [5, 5.41) is 0. The van der Waals surface area contributed by atoms with Crippen LogP contribution in [0.1, 0.15) is 43.6 Å². The number of carbonyl (C=O) groups excluding carboxylic acids is 1. The molecule has 0 fully saturated rings. The standard InChI is InChI=1S/C15H20O2/c1-10-5-4-6-11(2)14(16)8-13-12(3)9-17-15(13)7-10/h5,9,11H,4,6-8H2,1-3H3. The van der Waals surface area contributed by atoms with Crippen molar-refractivity contribution in [2.45, 2.75) is 46.5 Å². The largest absolute Gasteiger partial charge is 0.468 e. The first-order valence-electron chi connectivity index (χ1n) is 6.32. The number of furan rings is 1. The van der Waals surface area contributed by atoms with Gasteiger partial charge in [-0.1, -0.05) is 18.6 Å². The van der Waals surface area contributed by atoms with Crippen molar-refractivity contribution < 1.29 is 9.21 Å². The molecule has 1 atom stereocenters. The molecular weight excluding hydrogens is 212 g/mol. The third-order valence-electron chi connectivity index (χ3n) is 3.62. The quantitative estimate of drug-likeness (QED) is 0.639. The first-order valence-corrected chi connectivity index (χ1v) is 6.32. The summed E-state index contributed by atoms with van der Waals surface area (Å²) in [4.78, 5) is 12.1. The fourth-order valence-corrected chi connectivity index (χ4v) is 2.32. The monoisotopic (exact) mass is 232 g/mol. The zero-order chi connectivity index (χ0) is 12.4. The van der Waals surface area contributed by atoms with E-state index in [4.69, 9.17) is 4.42 Å². The Hall–Kier alpha value is -1.31. The predicted molar refractivity (Wildman–Crippen MR) is 68.0 cm³/mol. The van der Waals surface area contributed by atoms with Crippen molar-refractivity contribution in [3.63, 3.8) is 0 Å². The highest BCUT2D eigenvalue weighted by atomic mass is 16.3. The minimum absolute atomic E-state index is 0.152. The maximum absolute atomic E-state index is 12.1. The van der Waals surface area contributed by atoms with E-state index in [0.717, 1.165) is 36.1 Å². The summed E-state index contributed by atoms with van der Waals surface area (Å²) < 4.78 is 5.58. The Morgan fingerprint density at radius 3 is 2.82 bits per heavy atom. The van der Waals surface area contributed by atoms with Crippen molar-refractivity contribution in [3.05, 3.63) is 34.8 Å². The lowest BCUT2D eigenvalue weighted by Gasteiger charge is -2.12. The fraction of sp³-hybridized carbons (Fsp3) is 0.533. The maximum Gasteiger partial charge on any atom is 0.140 e. The van der Waals surface area contributed by atoms with E-state index < -0.39 is 0 Å². The Bertz CT molecular complexity index is 451. The summed E-state index contributed by atoms with van der Waals surface area (Å²) in [5.41, 5.74) is 3.55. The predicted octanol–water partition coefficient (Wildman–Crippen LogP) is 3.62. The number of hydrogen-bond donors (Lipinski definition) is 0. The van der Waals surface area contributed by atoms with Gasteiger partial charge in [-0.2, -0.15) is 0 Å². The molecule has 1 aliphatic carbocycles. The Kier molecular flexibility index (Phi) is 3.51. The van der Waals surface area contributed by atoms with E-state index in [0.29, 0.717) is 12.2 Å². The van der Waals surface area contributed by atoms with Crippen molar-refractivity contribution >= 4 is 5.78 Å². The molecule has 17 heavy (non-hydrogen) atoms. The van der Waals surface area contributed by atoms with Gasteiger partial charge in [-0.15, -0.1) is 0 Å². The van der Waals surface area contributed by atoms with Gasteiger partial charge in [0.15, 0.2) is 0 Å². The third-order valence-corrected chi connectivity index (χ3v) is 3.62. The highest BCUT2D eigenvalue weighted by Gasteiger charge is 2.19. The number of allylic oxidation sites excluding steroid dienone is 2. The zero-order valence-electron chi connectivity index (χ0n) is 10.9. The van der Waals surface area contributed by atoms with Gasteiger partial charge in [-0.05, 0) is 32.3 Å². The van der Waals surface area contributed by atoms with Crippen LogP contribution in [0, 0.1) is 12.8 Å². The first kappa shape index (κ1) is 12.2. The average molecular weight is 232 g/mol. The van der Waals surface area contributed by atoms with Gasteiger partial charge in [0.25, 0.3) is 0 Å². The van der Waals surface area contributed by atoms with E-state index in [2.05, 4.69) is 13.0 Å². The molecule has 0 saturated heterocycles. The number of aryl methyl sites for hydroxylation is 1. The van der Waals surface area contributed by atoms with Gasteiger partial charge in [-0.3, -0.25) is 4.79 Å². The number of ketones is 1. The molecule has 0 amide bonds. The van der Waals surface area contributed by atoms with Gasteiger partial charge in [-0.25, -0.2) is 0 Å². The molecule has 92 valence electrons. The minimum atomic E-state index is 0.152. The molecule has 1 unspecified atom stereocenters. The molecule has 2 nitrogen and oxygen atoms in total. The van der Waals surface area contributed by atoms with Gasteiger partial charge < -0.3 is 4.42 Å². The van der Waals surface area contributed by atoms with E-state index in [-0.39, 0.29) is 5.92 Å². The Balaban J connectivity index is 2.36. The van der Waals surface area contributed by atoms with E-state index in [9.17, 15) is 4.79 Å². The molecule has 2 heteroatoms. The molecule has 0 aromatic carbocycles. The van der Waals surface area contributed by atoms with Crippen LogP contribution in [0.25, 0.3) is 0 Å². The Morgan fingerprint density at radius 2 is 2.06 bits per heavy atom. The molecule has 0 N–H and O–H groups in total. The van der Waals surface area contributed by atoms with Crippen LogP contribution in [0.2, 0.25) is 0 Å². The van der Waals surface area contributed by atoms with Crippen molar-refractivity contribution in [1.82, 2.24) is 0 Å². The number of carbonyl (C=O) groups is 1. The molecular formula is C15H20O2. The van der Waals surface area contributed by atoms with Crippen molar-refractivity contribution in [1.29, 1.82) is 0 Å². The minimum Gasteiger partial charge on any atom is -0.468 e. The summed E-state index contributed by atoms with van der Waals surface area (Å²) in [7, 11) is 0. The number of rotatable bonds is 0. The van der Waals surface area contributed by atoms with Crippen molar-refractivity contribution in [3.8, 4) is 0 Å². The summed E-state index contributed by atoms with van der Waals surface area (Å²) in [6.45, 7) is 6.18. The van der Waals surface area contributed by atoms with Crippen LogP contribution in [-0.4, -0.2) is 5.78 Å². The maximum atomic E-state index is 12.1. The molecule has 1 heterocycles. The summed E-state index contributed by atoms with van der Waals surface area (Å²) >= 11 is 0. The third kappa shape index (κ3) is 2.68. The van der Waals surface area contributed by atoms with E-state index in [1.54, 1.807) is 6.26 Å². The Morgan fingerprint density at radius 1 is 1.29 bits per heavy atom. The van der Waals surface area contributed by atoms with Crippen LogP contribution < -0.4 is 0 Å². The average Bonchev–Trinajstić information content (AvgIpc) is 2.60. The second-order valence-corrected chi connectivity index (χ2v) is 5.17. The van der Waals surface area contributed by atoms with Crippen LogP contribution in [0.15, 0.2) is 22.3 Å². The smallest absolute Gasteiger partial charge is 0.140 e. The van der Waals surface area contributed by atoms with Crippen LogP contribution in [0.5, 0.6) is 0 Å². The summed E-state index contributed by atoms with van der Waals surface area (Å²) in [5.74, 6) is 1.46. The molecule has 0 radical (unpaired) electrons. The summed E-state index contributed by atoms with van der Waals surface area (Å²) in [6, 6.07) is 0. The Labute approximate surface area is 103 Å².